The van der Waals surface area contributed by atoms with Gasteiger partial charge in [-0.25, -0.2) is 8.42 Å². The molecule has 0 atom stereocenters. The number of ether oxygens (including phenoxy) is 1. The van der Waals surface area contributed by atoms with Crippen LogP contribution in [0.4, 0.5) is 0 Å². The average molecular weight is 430 g/mol. The van der Waals surface area contributed by atoms with Gasteiger partial charge in [-0.3, -0.25) is 0 Å². The predicted molar refractivity (Wildman–Crippen MR) is 122 cm³/mol. The molecule has 0 N–H and O–H groups in total. The fraction of sp³-hybridized carbons (Fsp3) is 0.0769. The van der Waals surface area contributed by atoms with E-state index in [9.17, 15) is 8.42 Å². The molecule has 4 aromatic carbocycles. The van der Waals surface area contributed by atoms with E-state index in [2.05, 4.69) is 0 Å². The van der Waals surface area contributed by atoms with Crippen molar-refractivity contribution in [1.29, 1.82) is 0 Å². The van der Waals surface area contributed by atoms with Gasteiger partial charge in [-0.1, -0.05) is 78.9 Å². The molecule has 0 aliphatic rings. The molecule has 0 heterocycles. The van der Waals surface area contributed by atoms with Crippen LogP contribution >= 0.6 is 0 Å². The van der Waals surface area contributed by atoms with Gasteiger partial charge in [0.2, 0.25) is 10.0 Å². The lowest BCUT2D eigenvalue weighted by molar-refractivity contribution is 0.401. The number of rotatable bonds is 8. The van der Waals surface area contributed by atoms with E-state index >= 15 is 0 Å². The molecule has 4 aromatic rings. The zero-order valence-electron chi connectivity index (χ0n) is 17.0. The maximum Gasteiger partial charge on any atom is 0.243 e. The molecule has 0 amide bonds. The monoisotopic (exact) mass is 429 g/mol. The fourth-order valence-corrected chi connectivity index (χ4v) is 4.67. The quantitative estimate of drug-likeness (QED) is 0.352. The zero-order chi connectivity index (χ0) is 21.5. The van der Waals surface area contributed by atoms with Crippen molar-refractivity contribution in [2.24, 2.45) is 0 Å². The van der Waals surface area contributed by atoms with Crippen LogP contribution in [-0.2, 0) is 23.1 Å². The van der Waals surface area contributed by atoms with Crippen LogP contribution in [-0.4, -0.2) is 12.7 Å². The Morgan fingerprint density at radius 2 is 0.968 bits per heavy atom. The Morgan fingerprint density at radius 1 is 0.548 bits per heavy atom. The van der Waals surface area contributed by atoms with E-state index in [0.29, 0.717) is 24.6 Å². The lowest BCUT2D eigenvalue weighted by atomic mass is 10.2. The summed E-state index contributed by atoms with van der Waals surface area (Å²) < 4.78 is 34.3. The van der Waals surface area contributed by atoms with Crippen LogP contribution in [0, 0.1) is 0 Å². The highest BCUT2D eigenvalue weighted by atomic mass is 32.2. The predicted octanol–water partition coefficient (Wildman–Crippen LogP) is 5.87. The van der Waals surface area contributed by atoms with Gasteiger partial charge in [-0.05, 0) is 47.5 Å². The lowest BCUT2D eigenvalue weighted by Gasteiger charge is -2.23. The van der Waals surface area contributed by atoms with Gasteiger partial charge in [-0.2, -0.15) is 4.31 Å². The molecule has 0 fully saturated rings. The molecular weight excluding hydrogens is 406 g/mol. The van der Waals surface area contributed by atoms with E-state index in [4.69, 9.17) is 4.74 Å². The van der Waals surface area contributed by atoms with Crippen molar-refractivity contribution >= 4 is 10.0 Å². The smallest absolute Gasteiger partial charge is 0.243 e. The third-order valence-electron chi connectivity index (χ3n) is 4.84. The molecule has 0 radical (unpaired) electrons. The first-order chi connectivity index (χ1) is 15.1. The van der Waals surface area contributed by atoms with Gasteiger partial charge in [0.25, 0.3) is 0 Å². The Hall–Kier alpha value is -3.41. The first-order valence-corrected chi connectivity index (χ1v) is 11.5. The molecule has 5 heteroatoms. The van der Waals surface area contributed by atoms with Gasteiger partial charge in [0.05, 0.1) is 4.90 Å². The molecule has 31 heavy (non-hydrogen) atoms. The number of hydrogen-bond donors (Lipinski definition) is 0. The molecular formula is C26H23NO3S. The summed E-state index contributed by atoms with van der Waals surface area (Å²) >= 11 is 0. The Morgan fingerprint density at radius 3 is 1.45 bits per heavy atom. The minimum absolute atomic E-state index is 0.236. The summed E-state index contributed by atoms with van der Waals surface area (Å²) in [5.74, 6) is 1.29. The minimum Gasteiger partial charge on any atom is -0.457 e. The van der Waals surface area contributed by atoms with Crippen molar-refractivity contribution in [3.05, 3.63) is 126 Å². The van der Waals surface area contributed by atoms with E-state index in [-0.39, 0.29) is 4.90 Å². The van der Waals surface area contributed by atoms with Crippen molar-refractivity contribution in [1.82, 2.24) is 4.31 Å². The van der Waals surface area contributed by atoms with Gasteiger partial charge < -0.3 is 4.74 Å². The Balaban J connectivity index is 1.59. The second-order valence-electron chi connectivity index (χ2n) is 7.13. The van der Waals surface area contributed by atoms with Crippen molar-refractivity contribution in [3.63, 3.8) is 0 Å². The standard InChI is InChI=1S/C26H23NO3S/c28-31(29,26-18-16-25(17-19-26)30-24-14-8-3-9-15-24)27(20-22-10-4-1-5-11-22)21-23-12-6-2-7-13-23/h1-19H,20-21H2. The van der Waals surface area contributed by atoms with E-state index in [1.807, 2.05) is 91.0 Å². The normalized spacial score (nSPS) is 11.4. The van der Waals surface area contributed by atoms with E-state index in [1.54, 1.807) is 24.3 Å². The van der Waals surface area contributed by atoms with Gasteiger partial charge >= 0.3 is 0 Å². The molecule has 4 rings (SSSR count). The molecule has 0 saturated carbocycles. The van der Waals surface area contributed by atoms with Crippen LogP contribution < -0.4 is 4.74 Å². The largest absolute Gasteiger partial charge is 0.457 e. The number of para-hydroxylation sites is 1. The topological polar surface area (TPSA) is 46.6 Å². The average Bonchev–Trinajstić information content (AvgIpc) is 2.81. The Bertz CT molecular complexity index is 1150. The van der Waals surface area contributed by atoms with Crippen molar-refractivity contribution < 1.29 is 13.2 Å². The number of hydrogen-bond acceptors (Lipinski definition) is 3. The summed E-state index contributed by atoms with van der Waals surface area (Å²) in [4.78, 5) is 0.236. The lowest BCUT2D eigenvalue weighted by Crippen LogP contribution is -2.30. The maximum absolute atomic E-state index is 13.5. The summed E-state index contributed by atoms with van der Waals surface area (Å²) in [7, 11) is -3.71. The van der Waals surface area contributed by atoms with Crippen LogP contribution in [0.25, 0.3) is 0 Å². The summed E-state index contributed by atoms with van der Waals surface area (Å²) in [5, 5.41) is 0. The highest BCUT2D eigenvalue weighted by Gasteiger charge is 2.25. The van der Waals surface area contributed by atoms with Crippen molar-refractivity contribution in [2.75, 3.05) is 0 Å². The molecule has 0 unspecified atom stereocenters. The second-order valence-corrected chi connectivity index (χ2v) is 9.07. The van der Waals surface area contributed by atoms with E-state index < -0.39 is 10.0 Å². The third-order valence-corrected chi connectivity index (χ3v) is 6.65. The molecule has 0 spiro atoms. The molecule has 0 bridgehead atoms. The summed E-state index contributed by atoms with van der Waals surface area (Å²) in [6.07, 6.45) is 0. The van der Waals surface area contributed by atoms with Crippen LogP contribution in [0.3, 0.4) is 0 Å². The SMILES string of the molecule is O=S(=O)(c1ccc(Oc2ccccc2)cc1)N(Cc1ccccc1)Cc1ccccc1. The number of benzene rings is 4. The molecule has 0 aliphatic carbocycles. The molecule has 4 nitrogen and oxygen atoms in total. The van der Waals surface area contributed by atoms with Gasteiger partial charge in [-0.15, -0.1) is 0 Å². The fourth-order valence-electron chi connectivity index (χ4n) is 3.25. The minimum atomic E-state index is -3.71. The summed E-state index contributed by atoms with van der Waals surface area (Å²) in [6, 6.07) is 35.2. The van der Waals surface area contributed by atoms with Crippen LogP contribution in [0.1, 0.15) is 11.1 Å². The molecule has 0 aliphatic heterocycles. The molecule has 0 saturated heterocycles. The van der Waals surface area contributed by atoms with Gasteiger partial charge in [0.1, 0.15) is 11.5 Å². The van der Waals surface area contributed by atoms with Crippen LogP contribution in [0.15, 0.2) is 120 Å². The number of sulfonamides is 1. The maximum atomic E-state index is 13.5. The van der Waals surface area contributed by atoms with Crippen molar-refractivity contribution in [3.8, 4) is 11.5 Å². The summed E-state index contributed by atoms with van der Waals surface area (Å²) in [6.45, 7) is 0.584. The molecule has 0 aromatic heterocycles. The Kier molecular flexibility index (Phi) is 6.46. The summed E-state index contributed by atoms with van der Waals surface area (Å²) in [5.41, 5.74) is 1.87. The molecule has 156 valence electrons. The second kappa shape index (κ2) is 9.60. The van der Waals surface area contributed by atoms with Crippen LogP contribution in [0.5, 0.6) is 11.5 Å². The first kappa shape index (κ1) is 20.8. The van der Waals surface area contributed by atoms with Crippen LogP contribution in [0.2, 0.25) is 0 Å². The Labute approximate surface area is 183 Å². The van der Waals surface area contributed by atoms with Gasteiger partial charge in [0, 0.05) is 13.1 Å². The van der Waals surface area contributed by atoms with Gasteiger partial charge in [0.15, 0.2) is 0 Å². The highest BCUT2D eigenvalue weighted by Crippen LogP contribution is 2.26. The first-order valence-electron chi connectivity index (χ1n) is 10.0. The van der Waals surface area contributed by atoms with E-state index in [1.165, 1.54) is 4.31 Å². The zero-order valence-corrected chi connectivity index (χ0v) is 17.8. The number of nitrogens with zero attached hydrogens (tertiary/aromatic N) is 1. The third kappa shape index (κ3) is 5.40. The van der Waals surface area contributed by atoms with E-state index in [0.717, 1.165) is 11.1 Å². The van der Waals surface area contributed by atoms with Crippen molar-refractivity contribution in [2.45, 2.75) is 18.0 Å². The highest BCUT2D eigenvalue weighted by molar-refractivity contribution is 7.89.